The van der Waals surface area contributed by atoms with E-state index in [-0.39, 0.29) is 30.4 Å². The number of carbonyl (C=O) groups is 1. The third-order valence-corrected chi connectivity index (χ3v) is 5.26. The Hall–Kier alpha value is -1.12. The maximum absolute atomic E-state index is 12.6. The number of hydrogen-bond acceptors (Lipinski definition) is 5. The van der Waals surface area contributed by atoms with Crippen molar-refractivity contribution in [2.24, 2.45) is 0 Å². The Morgan fingerprint density at radius 1 is 1.27 bits per heavy atom. The highest BCUT2D eigenvalue weighted by Gasteiger charge is 2.53. The molecular formula is C17H27Cl2N3O4. The van der Waals surface area contributed by atoms with Crippen molar-refractivity contribution in [2.45, 2.75) is 50.4 Å². The van der Waals surface area contributed by atoms with Crippen LogP contribution in [0.5, 0.6) is 0 Å². The van der Waals surface area contributed by atoms with E-state index < -0.39 is 28.7 Å². The zero-order valence-electron chi connectivity index (χ0n) is 15.0. The normalized spacial score (nSPS) is 27.1. The molecule has 2 aliphatic heterocycles. The van der Waals surface area contributed by atoms with Crippen LogP contribution < -0.4 is 16.2 Å². The van der Waals surface area contributed by atoms with Gasteiger partial charge in [-0.3, -0.25) is 9.59 Å². The van der Waals surface area contributed by atoms with Crippen molar-refractivity contribution in [3.05, 3.63) is 33.7 Å². The molecule has 1 spiro atoms. The molecule has 3 rings (SSSR count). The van der Waals surface area contributed by atoms with Crippen LogP contribution in [0, 0.1) is 6.92 Å². The minimum Gasteiger partial charge on any atom is -0.388 e. The summed E-state index contributed by atoms with van der Waals surface area (Å²) in [5, 5.41) is 17.1. The van der Waals surface area contributed by atoms with E-state index in [0.717, 1.165) is 13.1 Å². The number of pyridine rings is 1. The van der Waals surface area contributed by atoms with E-state index in [1.807, 2.05) is 6.92 Å². The number of rotatable bonds is 2. The Balaban J connectivity index is 0.00000169. The van der Waals surface area contributed by atoms with Crippen LogP contribution in [0.2, 0.25) is 0 Å². The van der Waals surface area contributed by atoms with Gasteiger partial charge in [-0.15, -0.1) is 24.8 Å². The van der Waals surface area contributed by atoms with Gasteiger partial charge in [-0.1, -0.05) is 0 Å². The SMILES string of the molecule is Cc1ccc(C(=O)N[C@]2(C)CCOC3(CCNCC3)[C@H]2O)c(=O)[nH]1.Cl.Cl. The highest BCUT2D eigenvalue weighted by Crippen LogP contribution is 2.38. The minimum atomic E-state index is -0.829. The van der Waals surface area contributed by atoms with Crippen molar-refractivity contribution in [1.82, 2.24) is 15.6 Å². The number of hydrogen-bond donors (Lipinski definition) is 4. The fourth-order valence-electron chi connectivity index (χ4n) is 3.74. The Morgan fingerprint density at radius 2 is 1.92 bits per heavy atom. The second-order valence-corrected chi connectivity index (χ2v) is 7.07. The van der Waals surface area contributed by atoms with Gasteiger partial charge >= 0.3 is 0 Å². The lowest BCUT2D eigenvalue weighted by molar-refractivity contribution is -0.197. The van der Waals surface area contributed by atoms with E-state index in [1.165, 1.54) is 6.07 Å². The van der Waals surface area contributed by atoms with Crippen molar-refractivity contribution in [1.29, 1.82) is 0 Å². The van der Waals surface area contributed by atoms with Gasteiger partial charge in [-0.2, -0.15) is 0 Å². The number of halogens is 2. The number of carbonyl (C=O) groups excluding carboxylic acids is 1. The molecule has 0 radical (unpaired) electrons. The van der Waals surface area contributed by atoms with Crippen molar-refractivity contribution in [3.8, 4) is 0 Å². The summed E-state index contributed by atoms with van der Waals surface area (Å²) in [6.45, 7) is 5.60. The molecule has 1 aromatic rings. The van der Waals surface area contributed by atoms with Crippen LogP contribution in [0.3, 0.4) is 0 Å². The Bertz CT molecular complexity index is 685. The summed E-state index contributed by atoms with van der Waals surface area (Å²) in [6.07, 6.45) is 1.07. The molecule has 7 nitrogen and oxygen atoms in total. The van der Waals surface area contributed by atoms with E-state index in [0.29, 0.717) is 31.6 Å². The Kier molecular flexibility index (Phi) is 7.68. The lowest BCUT2D eigenvalue weighted by Crippen LogP contribution is -2.69. The molecule has 148 valence electrons. The monoisotopic (exact) mass is 407 g/mol. The van der Waals surface area contributed by atoms with Gasteiger partial charge in [0.25, 0.3) is 11.5 Å². The van der Waals surface area contributed by atoms with E-state index in [2.05, 4.69) is 15.6 Å². The molecule has 2 atom stereocenters. The molecule has 0 aliphatic carbocycles. The van der Waals surface area contributed by atoms with Gasteiger partial charge in [0.1, 0.15) is 11.7 Å². The number of aliphatic hydroxyl groups excluding tert-OH is 1. The zero-order valence-corrected chi connectivity index (χ0v) is 16.6. The summed E-state index contributed by atoms with van der Waals surface area (Å²) in [6, 6.07) is 3.20. The van der Waals surface area contributed by atoms with E-state index >= 15 is 0 Å². The summed E-state index contributed by atoms with van der Waals surface area (Å²) < 4.78 is 5.93. The van der Waals surface area contributed by atoms with Crippen molar-refractivity contribution in [2.75, 3.05) is 19.7 Å². The topological polar surface area (TPSA) is 103 Å². The predicted molar refractivity (Wildman–Crippen MR) is 104 cm³/mol. The first-order valence-electron chi connectivity index (χ1n) is 8.42. The molecule has 0 bridgehead atoms. The van der Waals surface area contributed by atoms with Crippen molar-refractivity contribution >= 4 is 30.7 Å². The molecule has 2 fully saturated rings. The van der Waals surface area contributed by atoms with Crippen LogP contribution in [0.1, 0.15) is 42.2 Å². The molecule has 2 saturated heterocycles. The summed E-state index contributed by atoms with van der Waals surface area (Å²) in [7, 11) is 0. The molecule has 2 aliphatic rings. The first-order valence-corrected chi connectivity index (χ1v) is 8.42. The quantitative estimate of drug-likeness (QED) is 0.583. The lowest BCUT2D eigenvalue weighted by atomic mass is 9.73. The number of aliphatic hydroxyl groups is 1. The van der Waals surface area contributed by atoms with Crippen LogP contribution >= 0.6 is 24.8 Å². The van der Waals surface area contributed by atoms with Gasteiger partial charge in [0.05, 0.1) is 11.1 Å². The van der Waals surface area contributed by atoms with Gasteiger partial charge in [-0.25, -0.2) is 0 Å². The second-order valence-electron chi connectivity index (χ2n) is 7.07. The summed E-state index contributed by atoms with van der Waals surface area (Å²) >= 11 is 0. The average Bonchev–Trinajstić information content (AvgIpc) is 2.53. The fourth-order valence-corrected chi connectivity index (χ4v) is 3.74. The number of aromatic amines is 1. The summed E-state index contributed by atoms with van der Waals surface area (Å²) in [5.74, 6) is -0.469. The number of aryl methyl sites for hydroxylation is 1. The average molecular weight is 408 g/mol. The second kappa shape index (κ2) is 8.71. The Labute approximate surface area is 165 Å². The minimum absolute atomic E-state index is 0. The maximum atomic E-state index is 12.6. The van der Waals surface area contributed by atoms with Gasteiger partial charge in [-0.05, 0) is 58.3 Å². The zero-order chi connectivity index (χ0) is 17.4. The predicted octanol–water partition coefficient (Wildman–Crippen LogP) is 0.919. The van der Waals surface area contributed by atoms with Crippen molar-refractivity contribution in [3.63, 3.8) is 0 Å². The van der Waals surface area contributed by atoms with E-state index in [9.17, 15) is 14.7 Å². The fraction of sp³-hybridized carbons (Fsp3) is 0.647. The highest BCUT2D eigenvalue weighted by molar-refractivity contribution is 5.94. The molecule has 4 N–H and O–H groups in total. The number of amides is 1. The van der Waals surface area contributed by atoms with Crippen molar-refractivity contribution < 1.29 is 14.6 Å². The molecular weight excluding hydrogens is 381 g/mol. The van der Waals surface area contributed by atoms with Crippen LogP contribution in [0.4, 0.5) is 0 Å². The van der Waals surface area contributed by atoms with Crippen LogP contribution in [-0.2, 0) is 4.74 Å². The smallest absolute Gasteiger partial charge is 0.260 e. The summed E-state index contributed by atoms with van der Waals surface area (Å²) in [4.78, 5) is 27.2. The third-order valence-electron chi connectivity index (χ3n) is 5.26. The molecule has 0 unspecified atom stereocenters. The maximum Gasteiger partial charge on any atom is 0.260 e. The van der Waals surface area contributed by atoms with Gasteiger partial charge in [0, 0.05) is 12.3 Å². The van der Waals surface area contributed by atoms with Gasteiger partial charge in [0.15, 0.2) is 0 Å². The first kappa shape index (κ1) is 22.9. The Morgan fingerprint density at radius 3 is 2.54 bits per heavy atom. The standard InChI is InChI=1S/C17H25N3O4.2ClH/c1-11-3-4-12(13(21)19-11)14(22)20-16(2)7-10-24-17(15(16)23)5-8-18-9-6-17;;/h3-4,15,18,23H,5-10H2,1-2H3,(H,19,21)(H,20,22);2*1H/t15-,16+;;/m0../s1. The number of H-pyrrole nitrogens is 1. The molecule has 26 heavy (non-hydrogen) atoms. The molecule has 1 amide bonds. The third kappa shape index (κ3) is 4.23. The van der Waals surface area contributed by atoms with Crippen LogP contribution in [-0.4, -0.2) is 52.9 Å². The number of piperidine rings is 1. The highest BCUT2D eigenvalue weighted by atomic mass is 35.5. The molecule has 0 aromatic carbocycles. The van der Waals surface area contributed by atoms with E-state index in [4.69, 9.17) is 4.74 Å². The lowest BCUT2D eigenvalue weighted by Gasteiger charge is -2.52. The largest absolute Gasteiger partial charge is 0.388 e. The first-order chi connectivity index (χ1) is 11.4. The molecule has 3 heterocycles. The van der Waals surface area contributed by atoms with Gasteiger partial charge in [0.2, 0.25) is 0 Å². The van der Waals surface area contributed by atoms with Crippen LogP contribution in [0.15, 0.2) is 16.9 Å². The summed E-state index contributed by atoms with van der Waals surface area (Å²) in [5.41, 5.74) is -1.13. The number of ether oxygens (including phenoxy) is 1. The number of aromatic nitrogens is 1. The van der Waals surface area contributed by atoms with Crippen LogP contribution in [0.25, 0.3) is 0 Å². The van der Waals surface area contributed by atoms with Gasteiger partial charge < -0.3 is 25.5 Å². The molecule has 9 heteroatoms. The molecule has 1 aromatic heterocycles. The van der Waals surface area contributed by atoms with E-state index in [1.54, 1.807) is 13.0 Å². The molecule has 0 saturated carbocycles. The number of nitrogens with one attached hydrogen (secondary N) is 3.